The average molecular weight is 180 g/mol. The minimum Gasteiger partial charge on any atom is -0.326 e. The van der Waals surface area contributed by atoms with Crippen LogP contribution in [0.5, 0.6) is 0 Å². The van der Waals surface area contributed by atoms with Gasteiger partial charge in [0.25, 0.3) is 5.56 Å². The Bertz CT molecular complexity index is 352. The molecule has 1 aromatic rings. The molecule has 0 saturated carbocycles. The van der Waals surface area contributed by atoms with E-state index in [4.69, 9.17) is 5.73 Å². The van der Waals surface area contributed by atoms with E-state index in [1.807, 2.05) is 13.0 Å². The van der Waals surface area contributed by atoms with E-state index in [0.717, 1.165) is 5.69 Å². The van der Waals surface area contributed by atoms with Gasteiger partial charge < -0.3 is 10.7 Å². The van der Waals surface area contributed by atoms with Crippen LogP contribution in [0.25, 0.3) is 0 Å². The van der Waals surface area contributed by atoms with Crippen LogP contribution in [0.2, 0.25) is 0 Å². The molecule has 0 aliphatic heterocycles. The third-order valence-corrected chi connectivity index (χ3v) is 2.20. The van der Waals surface area contributed by atoms with Gasteiger partial charge >= 0.3 is 0 Å². The van der Waals surface area contributed by atoms with Crippen LogP contribution in [0.1, 0.15) is 36.6 Å². The Morgan fingerprint density at radius 3 is 2.62 bits per heavy atom. The summed E-state index contributed by atoms with van der Waals surface area (Å²) in [6.45, 7) is 6.41. The molecular formula is C10H16N2O. The summed E-state index contributed by atoms with van der Waals surface area (Å²) in [7, 11) is 0. The molecule has 0 radical (unpaired) electrons. The van der Waals surface area contributed by atoms with Gasteiger partial charge in [-0.3, -0.25) is 4.79 Å². The monoisotopic (exact) mass is 180 g/mol. The lowest BCUT2D eigenvalue weighted by molar-refractivity contribution is 0.828. The van der Waals surface area contributed by atoms with Crippen molar-refractivity contribution >= 4 is 0 Å². The first-order valence-electron chi connectivity index (χ1n) is 4.49. The maximum absolute atomic E-state index is 11.3. The number of aromatic amines is 1. The molecule has 3 nitrogen and oxygen atoms in total. The van der Waals surface area contributed by atoms with E-state index in [2.05, 4.69) is 18.8 Å². The van der Waals surface area contributed by atoms with Gasteiger partial charge in [-0.05, 0) is 24.5 Å². The van der Waals surface area contributed by atoms with Crippen LogP contribution in [0.15, 0.2) is 10.9 Å². The first-order chi connectivity index (χ1) is 6.06. The first kappa shape index (κ1) is 9.99. The second-order valence-corrected chi connectivity index (χ2v) is 3.56. The van der Waals surface area contributed by atoms with Crippen molar-refractivity contribution in [2.24, 2.45) is 5.73 Å². The SMILES string of the molecule is Cc1[nH]c(=O)c(CN)cc1C(C)C. The highest BCUT2D eigenvalue weighted by Gasteiger charge is 2.07. The number of rotatable bonds is 2. The van der Waals surface area contributed by atoms with Crippen molar-refractivity contribution < 1.29 is 0 Å². The van der Waals surface area contributed by atoms with Crippen molar-refractivity contribution in [3.05, 3.63) is 33.2 Å². The minimum absolute atomic E-state index is 0.0654. The van der Waals surface area contributed by atoms with E-state index >= 15 is 0 Å². The number of aromatic nitrogens is 1. The number of hydrogen-bond donors (Lipinski definition) is 2. The van der Waals surface area contributed by atoms with Crippen LogP contribution in [0.4, 0.5) is 0 Å². The number of nitrogens with one attached hydrogen (secondary N) is 1. The summed E-state index contributed by atoms with van der Waals surface area (Å²) >= 11 is 0. The van der Waals surface area contributed by atoms with Gasteiger partial charge in [0.05, 0.1) is 0 Å². The van der Waals surface area contributed by atoms with E-state index < -0.39 is 0 Å². The molecule has 0 unspecified atom stereocenters. The van der Waals surface area contributed by atoms with Gasteiger partial charge in [0, 0.05) is 17.8 Å². The highest BCUT2D eigenvalue weighted by Crippen LogP contribution is 2.16. The van der Waals surface area contributed by atoms with Crippen molar-refractivity contribution in [1.82, 2.24) is 4.98 Å². The van der Waals surface area contributed by atoms with E-state index in [9.17, 15) is 4.79 Å². The predicted octanol–water partition coefficient (Wildman–Crippen LogP) is 1.27. The van der Waals surface area contributed by atoms with Gasteiger partial charge in [-0.15, -0.1) is 0 Å². The zero-order chi connectivity index (χ0) is 10.0. The second kappa shape index (κ2) is 3.75. The summed E-state index contributed by atoms with van der Waals surface area (Å²) in [6, 6.07) is 1.90. The van der Waals surface area contributed by atoms with E-state index in [-0.39, 0.29) is 5.56 Å². The number of nitrogens with two attached hydrogens (primary N) is 1. The lowest BCUT2D eigenvalue weighted by Gasteiger charge is -2.10. The Balaban J connectivity index is 3.31. The van der Waals surface area contributed by atoms with Crippen LogP contribution in [-0.2, 0) is 6.54 Å². The van der Waals surface area contributed by atoms with Gasteiger partial charge in [0.1, 0.15) is 0 Å². The van der Waals surface area contributed by atoms with Crippen LogP contribution < -0.4 is 11.3 Å². The molecule has 72 valence electrons. The molecule has 1 aromatic heterocycles. The molecule has 0 aromatic carbocycles. The van der Waals surface area contributed by atoms with Crippen molar-refractivity contribution in [1.29, 1.82) is 0 Å². The van der Waals surface area contributed by atoms with Crippen molar-refractivity contribution in [3.63, 3.8) is 0 Å². The van der Waals surface area contributed by atoms with E-state index in [1.54, 1.807) is 0 Å². The summed E-state index contributed by atoms with van der Waals surface area (Å²) < 4.78 is 0. The van der Waals surface area contributed by atoms with Gasteiger partial charge in [0.15, 0.2) is 0 Å². The molecule has 13 heavy (non-hydrogen) atoms. The van der Waals surface area contributed by atoms with Gasteiger partial charge in [-0.1, -0.05) is 13.8 Å². The summed E-state index contributed by atoms with van der Waals surface area (Å²) in [5.41, 5.74) is 8.15. The van der Waals surface area contributed by atoms with Gasteiger partial charge in [-0.25, -0.2) is 0 Å². The Labute approximate surface area is 78.0 Å². The Hall–Kier alpha value is -1.09. The Morgan fingerprint density at radius 2 is 2.15 bits per heavy atom. The van der Waals surface area contributed by atoms with Gasteiger partial charge in [0.2, 0.25) is 0 Å². The summed E-state index contributed by atoms with van der Waals surface area (Å²) in [5, 5.41) is 0. The molecule has 3 heteroatoms. The Kier molecular flexibility index (Phi) is 2.88. The summed E-state index contributed by atoms with van der Waals surface area (Å²) in [4.78, 5) is 14.1. The molecule has 1 heterocycles. The highest BCUT2D eigenvalue weighted by molar-refractivity contribution is 5.27. The summed E-state index contributed by atoms with van der Waals surface area (Å²) in [6.07, 6.45) is 0. The smallest absolute Gasteiger partial charge is 0.252 e. The lowest BCUT2D eigenvalue weighted by atomic mass is 10.0. The molecule has 0 amide bonds. The molecular weight excluding hydrogens is 164 g/mol. The second-order valence-electron chi connectivity index (χ2n) is 3.56. The fraction of sp³-hybridized carbons (Fsp3) is 0.500. The van der Waals surface area contributed by atoms with E-state index in [1.165, 1.54) is 5.56 Å². The topological polar surface area (TPSA) is 58.9 Å². The van der Waals surface area contributed by atoms with Crippen LogP contribution >= 0.6 is 0 Å². The number of hydrogen-bond acceptors (Lipinski definition) is 2. The third-order valence-electron chi connectivity index (χ3n) is 2.20. The average Bonchev–Trinajstić information content (AvgIpc) is 2.03. The molecule has 0 spiro atoms. The van der Waals surface area contributed by atoms with Crippen molar-refractivity contribution in [2.45, 2.75) is 33.2 Å². The summed E-state index contributed by atoms with van der Waals surface area (Å²) in [5.74, 6) is 0.419. The standard InChI is InChI=1S/C10H16N2O/c1-6(2)9-4-8(5-11)10(13)12-7(9)3/h4,6H,5,11H2,1-3H3,(H,12,13). The number of pyridine rings is 1. The maximum atomic E-state index is 11.3. The fourth-order valence-corrected chi connectivity index (χ4v) is 1.44. The highest BCUT2D eigenvalue weighted by atomic mass is 16.1. The molecule has 0 fully saturated rings. The fourth-order valence-electron chi connectivity index (χ4n) is 1.44. The van der Waals surface area contributed by atoms with E-state index in [0.29, 0.717) is 18.0 Å². The molecule has 0 atom stereocenters. The molecule has 0 aliphatic rings. The van der Waals surface area contributed by atoms with Crippen LogP contribution in [0.3, 0.4) is 0 Å². The van der Waals surface area contributed by atoms with Crippen LogP contribution in [-0.4, -0.2) is 4.98 Å². The zero-order valence-corrected chi connectivity index (χ0v) is 8.35. The maximum Gasteiger partial charge on any atom is 0.252 e. The molecule has 0 aliphatic carbocycles. The Morgan fingerprint density at radius 1 is 1.54 bits per heavy atom. The third kappa shape index (κ3) is 1.98. The zero-order valence-electron chi connectivity index (χ0n) is 8.35. The molecule has 3 N–H and O–H groups in total. The van der Waals surface area contributed by atoms with Crippen molar-refractivity contribution in [2.75, 3.05) is 0 Å². The van der Waals surface area contributed by atoms with Crippen LogP contribution in [0, 0.1) is 6.92 Å². The lowest BCUT2D eigenvalue weighted by Crippen LogP contribution is -2.18. The first-order valence-corrected chi connectivity index (χ1v) is 4.49. The largest absolute Gasteiger partial charge is 0.326 e. The quantitative estimate of drug-likeness (QED) is 0.720. The van der Waals surface area contributed by atoms with Gasteiger partial charge in [-0.2, -0.15) is 0 Å². The molecule has 0 bridgehead atoms. The normalized spacial score (nSPS) is 10.8. The predicted molar refractivity (Wildman–Crippen MR) is 53.8 cm³/mol. The van der Waals surface area contributed by atoms with Crippen molar-refractivity contribution in [3.8, 4) is 0 Å². The molecule has 1 rings (SSSR count). The molecule has 0 saturated heterocycles. The number of H-pyrrole nitrogens is 1. The minimum atomic E-state index is -0.0654. The number of aryl methyl sites for hydroxylation is 1.